The van der Waals surface area contributed by atoms with Crippen LogP contribution in [0, 0.1) is 29.6 Å². The van der Waals surface area contributed by atoms with Crippen molar-refractivity contribution in [2.45, 2.75) is 171 Å². The first-order valence-corrected chi connectivity index (χ1v) is 23.5. The van der Waals surface area contributed by atoms with Gasteiger partial charge in [0.1, 0.15) is 48.0 Å². The number of amides is 9. The maximum atomic E-state index is 14.3. The largest absolute Gasteiger partial charge is 0.357 e. The van der Waals surface area contributed by atoms with Crippen LogP contribution in [-0.4, -0.2) is 162 Å². The van der Waals surface area contributed by atoms with E-state index in [2.05, 4.69) is 27.8 Å². The zero-order valence-corrected chi connectivity index (χ0v) is 43.8. The van der Waals surface area contributed by atoms with Gasteiger partial charge in [-0.3, -0.25) is 43.2 Å². The number of carbonyl (C=O) groups excluding carboxylic acids is 9. The molecule has 0 aliphatic heterocycles. The monoisotopic (exact) mass is 934 g/mol. The minimum absolute atomic E-state index is 0.00340. The van der Waals surface area contributed by atoms with Crippen molar-refractivity contribution in [3.8, 4) is 0 Å². The van der Waals surface area contributed by atoms with Crippen molar-refractivity contribution in [2.24, 2.45) is 29.6 Å². The summed E-state index contributed by atoms with van der Waals surface area (Å²) >= 11 is 0. The van der Waals surface area contributed by atoms with Crippen molar-refractivity contribution >= 4 is 53.2 Å². The fourth-order valence-electron chi connectivity index (χ4n) is 7.48. The Balaban J connectivity index is 6.33. The standard InChI is InChI=1S/C48H87N9O9/c1-21-22-39(58)53(16)34(14)46(64)54(17)37(25-29(6)7)44(62)52-40(31(10)11)48(66)56(19)36(24-28(4)5)43(61)50-32(12)41(59)51-33(13)45(63)57(20)38(26-30(8)9)47(65)55(18)35(23-27(2)3)42(60)49-15/h27-33,35-38,40H,14,21-26H2,1-13,15-20H3,(H,49,60)(H,50,61)(H,51,59)(H,52,62)/t32-,33+,35+,36+,37+,38+,40+/m1/s1. The van der Waals surface area contributed by atoms with Gasteiger partial charge in [-0.15, -0.1) is 0 Å². The number of hydrogen-bond acceptors (Lipinski definition) is 9. The zero-order chi connectivity index (χ0) is 51.7. The Morgan fingerprint density at radius 1 is 0.470 bits per heavy atom. The average molecular weight is 934 g/mol. The van der Waals surface area contributed by atoms with Gasteiger partial charge in [0.05, 0.1) is 0 Å². The minimum atomic E-state index is -1.16. The molecule has 0 rings (SSSR count). The van der Waals surface area contributed by atoms with E-state index in [1.807, 2.05) is 62.3 Å². The molecule has 0 spiro atoms. The Morgan fingerprint density at radius 2 is 0.848 bits per heavy atom. The van der Waals surface area contributed by atoms with Crippen molar-refractivity contribution in [3.05, 3.63) is 12.3 Å². The van der Waals surface area contributed by atoms with E-state index < -0.39 is 89.6 Å². The van der Waals surface area contributed by atoms with Gasteiger partial charge in [0.15, 0.2) is 0 Å². The number of hydrogen-bond donors (Lipinski definition) is 4. The molecule has 0 saturated heterocycles. The van der Waals surface area contributed by atoms with E-state index in [-0.39, 0.29) is 60.4 Å². The summed E-state index contributed by atoms with van der Waals surface area (Å²) in [6.07, 6.45) is 1.97. The summed E-state index contributed by atoms with van der Waals surface area (Å²) in [7, 11) is 8.91. The molecular formula is C48H87N9O9. The summed E-state index contributed by atoms with van der Waals surface area (Å²) in [5.74, 6) is -5.10. The molecule has 4 N–H and O–H groups in total. The van der Waals surface area contributed by atoms with Gasteiger partial charge in [0, 0.05) is 48.7 Å². The lowest BCUT2D eigenvalue weighted by Gasteiger charge is -2.36. The van der Waals surface area contributed by atoms with Crippen LogP contribution in [0.25, 0.3) is 0 Å². The Bertz CT molecular complexity index is 1700. The molecule has 0 aliphatic carbocycles. The summed E-state index contributed by atoms with van der Waals surface area (Å²) < 4.78 is 0. The van der Waals surface area contributed by atoms with Crippen LogP contribution in [0.15, 0.2) is 12.3 Å². The van der Waals surface area contributed by atoms with Gasteiger partial charge in [-0.2, -0.15) is 0 Å². The first-order chi connectivity index (χ1) is 30.4. The SMILES string of the molecule is C=C(C(=O)N(C)[C@@H](CC(C)C)C(=O)N[C@H](C(=O)N(C)[C@@H](CC(C)C)C(=O)N[C@H](C)C(=O)N[C@@H](C)C(=O)N(C)[C@@H](CC(C)C)C(=O)N(C)[C@@H](CC(C)C)C(=O)NC)C(C)C)N(C)C(=O)CCC. The number of likely N-dealkylation sites (N-methyl/N-ethyl adjacent to an activating group) is 6. The number of rotatable bonds is 27. The van der Waals surface area contributed by atoms with Crippen molar-refractivity contribution in [1.29, 1.82) is 0 Å². The van der Waals surface area contributed by atoms with Gasteiger partial charge in [-0.05, 0) is 75.5 Å². The third-order valence-electron chi connectivity index (χ3n) is 11.7. The van der Waals surface area contributed by atoms with Crippen LogP contribution in [0.2, 0.25) is 0 Å². The Morgan fingerprint density at radius 3 is 1.27 bits per heavy atom. The van der Waals surface area contributed by atoms with E-state index in [0.29, 0.717) is 19.3 Å². The molecule has 0 aromatic carbocycles. The molecule has 0 bridgehead atoms. The van der Waals surface area contributed by atoms with Crippen LogP contribution >= 0.6 is 0 Å². The number of nitrogens with one attached hydrogen (secondary N) is 4. The predicted octanol–water partition coefficient (Wildman–Crippen LogP) is 3.15. The average Bonchev–Trinajstić information content (AvgIpc) is 3.23. The molecule has 0 unspecified atom stereocenters. The van der Waals surface area contributed by atoms with Crippen molar-refractivity contribution in [3.63, 3.8) is 0 Å². The molecule has 0 aromatic heterocycles. The molecule has 18 heteroatoms. The summed E-state index contributed by atoms with van der Waals surface area (Å²) in [6, 6.07) is -7.15. The Hall–Kier alpha value is -5.03. The zero-order valence-electron chi connectivity index (χ0n) is 43.8. The first kappa shape index (κ1) is 61.0. The molecular weight excluding hydrogens is 847 g/mol. The second kappa shape index (κ2) is 28.2. The summed E-state index contributed by atoms with van der Waals surface area (Å²) in [6.45, 7) is 27.4. The van der Waals surface area contributed by atoms with Gasteiger partial charge >= 0.3 is 0 Å². The summed E-state index contributed by atoms with van der Waals surface area (Å²) in [4.78, 5) is 129. The van der Waals surface area contributed by atoms with Crippen LogP contribution in [0.1, 0.15) is 129 Å². The Kier molecular flexibility index (Phi) is 26.1. The maximum absolute atomic E-state index is 14.3. The molecule has 0 aliphatic rings. The van der Waals surface area contributed by atoms with Crippen molar-refractivity contribution in [1.82, 2.24) is 45.8 Å². The van der Waals surface area contributed by atoms with Crippen LogP contribution < -0.4 is 21.3 Å². The minimum Gasteiger partial charge on any atom is -0.357 e. The van der Waals surface area contributed by atoms with Gasteiger partial charge in [-0.25, -0.2) is 0 Å². The topological polar surface area (TPSA) is 218 Å². The molecule has 378 valence electrons. The van der Waals surface area contributed by atoms with E-state index in [1.54, 1.807) is 20.9 Å². The van der Waals surface area contributed by atoms with Gasteiger partial charge in [0.25, 0.3) is 5.91 Å². The molecule has 7 atom stereocenters. The second-order valence-corrected chi connectivity index (χ2v) is 19.8. The highest BCUT2D eigenvalue weighted by Crippen LogP contribution is 2.21. The van der Waals surface area contributed by atoms with E-state index in [9.17, 15) is 43.2 Å². The normalized spacial score (nSPS) is 14.6. The molecule has 0 saturated carbocycles. The smallest absolute Gasteiger partial charge is 0.270 e. The fraction of sp³-hybridized carbons (Fsp3) is 0.771. The van der Waals surface area contributed by atoms with Gasteiger partial charge < -0.3 is 45.8 Å². The van der Waals surface area contributed by atoms with E-state index in [0.717, 1.165) is 0 Å². The van der Waals surface area contributed by atoms with E-state index >= 15 is 0 Å². The second-order valence-electron chi connectivity index (χ2n) is 19.8. The molecule has 66 heavy (non-hydrogen) atoms. The van der Waals surface area contributed by atoms with Crippen LogP contribution in [0.3, 0.4) is 0 Å². The number of nitrogens with zero attached hydrogens (tertiary/aromatic N) is 5. The highest BCUT2D eigenvalue weighted by molar-refractivity contribution is 6.00. The van der Waals surface area contributed by atoms with E-state index in [4.69, 9.17) is 0 Å². The van der Waals surface area contributed by atoms with Crippen molar-refractivity contribution in [2.75, 3.05) is 42.3 Å². The predicted molar refractivity (Wildman–Crippen MR) is 257 cm³/mol. The molecule has 0 heterocycles. The third-order valence-corrected chi connectivity index (χ3v) is 11.7. The highest BCUT2D eigenvalue weighted by Gasteiger charge is 2.40. The molecule has 18 nitrogen and oxygen atoms in total. The van der Waals surface area contributed by atoms with Gasteiger partial charge in [0.2, 0.25) is 47.3 Å². The van der Waals surface area contributed by atoms with E-state index in [1.165, 1.54) is 73.6 Å². The molecule has 0 radical (unpaired) electrons. The highest BCUT2D eigenvalue weighted by atomic mass is 16.2. The Labute approximate surface area is 396 Å². The third kappa shape index (κ3) is 18.3. The molecule has 0 fully saturated rings. The lowest BCUT2D eigenvalue weighted by Crippen LogP contribution is -2.60. The first-order valence-electron chi connectivity index (χ1n) is 23.5. The lowest BCUT2D eigenvalue weighted by molar-refractivity contribution is -0.149. The van der Waals surface area contributed by atoms with Gasteiger partial charge in [-0.1, -0.05) is 82.7 Å². The van der Waals surface area contributed by atoms with Crippen molar-refractivity contribution < 1.29 is 43.2 Å². The molecule has 9 amide bonds. The van der Waals surface area contributed by atoms with Crippen LogP contribution in [0.4, 0.5) is 0 Å². The summed E-state index contributed by atoms with van der Waals surface area (Å²) in [5, 5.41) is 10.8. The van der Waals surface area contributed by atoms with Crippen LogP contribution in [0.5, 0.6) is 0 Å². The fourth-order valence-corrected chi connectivity index (χ4v) is 7.48. The molecule has 0 aromatic rings. The quantitative estimate of drug-likeness (QED) is 0.0889. The van der Waals surface area contributed by atoms with Crippen LogP contribution in [-0.2, 0) is 43.2 Å². The lowest BCUT2D eigenvalue weighted by atomic mass is 9.96. The summed E-state index contributed by atoms with van der Waals surface area (Å²) in [5.41, 5.74) is -0.0894. The number of carbonyl (C=O) groups is 9. The maximum Gasteiger partial charge on any atom is 0.270 e.